The van der Waals surface area contributed by atoms with E-state index in [4.69, 9.17) is 0 Å². The average Bonchev–Trinajstić information content (AvgIpc) is 2.38. The molecule has 18 heavy (non-hydrogen) atoms. The predicted octanol–water partition coefficient (Wildman–Crippen LogP) is 3.30. The fraction of sp³-hybridized carbons (Fsp3) is 0.0714. The highest BCUT2D eigenvalue weighted by atomic mass is 19.1. The van der Waals surface area contributed by atoms with Gasteiger partial charge in [0.1, 0.15) is 24.0 Å². The van der Waals surface area contributed by atoms with Crippen LogP contribution in [0.4, 0.5) is 14.5 Å². The van der Waals surface area contributed by atoms with Crippen LogP contribution in [0.25, 0.3) is 11.1 Å². The van der Waals surface area contributed by atoms with Crippen molar-refractivity contribution in [2.45, 2.75) is 6.04 Å². The number of aldehydes is 1. The molecular formula is C14H9F2NO. The lowest BCUT2D eigenvalue weighted by molar-refractivity contribution is -0.108. The van der Waals surface area contributed by atoms with E-state index in [1.807, 2.05) is 0 Å². The molecule has 0 amide bonds. The van der Waals surface area contributed by atoms with E-state index >= 15 is 0 Å². The van der Waals surface area contributed by atoms with E-state index < -0.39 is 17.7 Å². The second kappa shape index (κ2) is 3.91. The molecular weight excluding hydrogens is 236 g/mol. The second-order valence-electron chi connectivity index (χ2n) is 4.18. The lowest BCUT2D eigenvalue weighted by atomic mass is 9.90. The smallest absolute Gasteiger partial charge is 0.146 e. The number of nitrogens with one attached hydrogen (secondary N) is 1. The molecule has 0 aliphatic carbocycles. The van der Waals surface area contributed by atoms with Crippen LogP contribution in [0, 0.1) is 11.6 Å². The summed E-state index contributed by atoms with van der Waals surface area (Å²) in [5.41, 5.74) is 2.42. The minimum atomic E-state index is -0.529. The Balaban J connectivity index is 2.29. The molecule has 1 atom stereocenters. The third-order valence-electron chi connectivity index (χ3n) is 3.07. The first-order valence-corrected chi connectivity index (χ1v) is 5.50. The Kier molecular flexibility index (Phi) is 2.37. The van der Waals surface area contributed by atoms with E-state index in [0.717, 1.165) is 6.29 Å². The summed E-state index contributed by atoms with van der Waals surface area (Å²) in [4.78, 5) is 11.1. The number of carbonyl (C=O) groups is 1. The van der Waals surface area contributed by atoms with Crippen LogP contribution in [0.3, 0.4) is 0 Å². The van der Waals surface area contributed by atoms with Crippen LogP contribution < -0.4 is 5.32 Å². The van der Waals surface area contributed by atoms with Crippen molar-refractivity contribution in [3.63, 3.8) is 0 Å². The molecule has 0 aromatic heterocycles. The van der Waals surface area contributed by atoms with Crippen molar-refractivity contribution >= 4 is 12.0 Å². The van der Waals surface area contributed by atoms with Gasteiger partial charge in [0.05, 0.1) is 0 Å². The van der Waals surface area contributed by atoms with Gasteiger partial charge in [0.15, 0.2) is 0 Å². The first-order valence-electron chi connectivity index (χ1n) is 5.50. The highest BCUT2D eigenvalue weighted by Gasteiger charge is 2.24. The maximum atomic E-state index is 13.3. The Morgan fingerprint density at radius 1 is 1.00 bits per heavy atom. The Morgan fingerprint density at radius 2 is 1.67 bits per heavy atom. The Hall–Kier alpha value is -2.23. The normalized spacial score (nSPS) is 16.4. The zero-order valence-corrected chi connectivity index (χ0v) is 9.28. The van der Waals surface area contributed by atoms with Crippen LogP contribution in [0.15, 0.2) is 36.4 Å². The Labute approximate surface area is 102 Å². The van der Waals surface area contributed by atoms with Crippen molar-refractivity contribution in [1.82, 2.24) is 0 Å². The minimum absolute atomic E-state index is 0.393. The third-order valence-corrected chi connectivity index (χ3v) is 3.07. The summed E-state index contributed by atoms with van der Waals surface area (Å²) >= 11 is 0. The van der Waals surface area contributed by atoms with Gasteiger partial charge in [-0.2, -0.15) is 0 Å². The van der Waals surface area contributed by atoms with Gasteiger partial charge in [-0.05, 0) is 41.5 Å². The number of carbonyl (C=O) groups excluding carboxylic acids is 1. The summed E-state index contributed by atoms with van der Waals surface area (Å²) in [6.07, 6.45) is 0.753. The molecule has 4 heteroatoms. The number of anilines is 1. The predicted molar refractivity (Wildman–Crippen MR) is 64.2 cm³/mol. The summed E-state index contributed by atoms with van der Waals surface area (Å²) < 4.78 is 26.6. The SMILES string of the molecule is O=CC1Nc2ccc(F)cc2-c2cc(F)ccc21. The quantitative estimate of drug-likeness (QED) is 0.781. The largest absolute Gasteiger partial charge is 0.371 e. The van der Waals surface area contributed by atoms with E-state index in [2.05, 4.69) is 5.32 Å². The summed E-state index contributed by atoms with van der Waals surface area (Å²) in [6.45, 7) is 0. The molecule has 2 aromatic rings. The molecule has 1 unspecified atom stereocenters. The lowest BCUT2D eigenvalue weighted by Crippen LogP contribution is -2.18. The van der Waals surface area contributed by atoms with E-state index in [0.29, 0.717) is 22.4 Å². The minimum Gasteiger partial charge on any atom is -0.371 e. The number of rotatable bonds is 1. The molecule has 3 rings (SSSR count). The molecule has 0 saturated heterocycles. The first kappa shape index (κ1) is 10.9. The zero-order chi connectivity index (χ0) is 12.7. The van der Waals surface area contributed by atoms with Crippen LogP contribution in [0.2, 0.25) is 0 Å². The van der Waals surface area contributed by atoms with Crippen molar-refractivity contribution < 1.29 is 13.6 Å². The first-order chi connectivity index (χ1) is 8.69. The molecule has 0 fully saturated rings. The second-order valence-corrected chi connectivity index (χ2v) is 4.18. The van der Waals surface area contributed by atoms with Crippen LogP contribution in [-0.2, 0) is 4.79 Å². The van der Waals surface area contributed by atoms with Gasteiger partial charge >= 0.3 is 0 Å². The summed E-state index contributed by atoms with van der Waals surface area (Å²) in [6, 6.07) is 7.82. The van der Waals surface area contributed by atoms with Gasteiger partial charge in [0, 0.05) is 11.3 Å². The van der Waals surface area contributed by atoms with Gasteiger partial charge in [-0.3, -0.25) is 0 Å². The highest BCUT2D eigenvalue weighted by molar-refractivity contribution is 5.88. The number of hydrogen-bond acceptors (Lipinski definition) is 2. The molecule has 0 bridgehead atoms. The van der Waals surface area contributed by atoms with Gasteiger partial charge in [0.25, 0.3) is 0 Å². The zero-order valence-electron chi connectivity index (χ0n) is 9.28. The van der Waals surface area contributed by atoms with Crippen LogP contribution in [0.1, 0.15) is 11.6 Å². The third kappa shape index (κ3) is 1.57. The Bertz CT molecular complexity index is 640. The van der Waals surface area contributed by atoms with E-state index in [1.54, 1.807) is 12.1 Å². The van der Waals surface area contributed by atoms with Crippen molar-refractivity contribution in [3.05, 3.63) is 53.6 Å². The van der Waals surface area contributed by atoms with Crippen molar-refractivity contribution in [3.8, 4) is 11.1 Å². The van der Waals surface area contributed by atoms with Crippen molar-refractivity contribution in [2.24, 2.45) is 0 Å². The van der Waals surface area contributed by atoms with Crippen LogP contribution in [0.5, 0.6) is 0 Å². The molecule has 1 aliphatic rings. The number of benzene rings is 2. The number of fused-ring (bicyclic) bond motifs is 3. The van der Waals surface area contributed by atoms with Crippen LogP contribution in [-0.4, -0.2) is 6.29 Å². The van der Waals surface area contributed by atoms with Gasteiger partial charge in [0.2, 0.25) is 0 Å². The van der Waals surface area contributed by atoms with Gasteiger partial charge in [-0.1, -0.05) is 6.07 Å². The van der Waals surface area contributed by atoms with E-state index in [9.17, 15) is 13.6 Å². The lowest BCUT2D eigenvalue weighted by Gasteiger charge is -2.26. The molecule has 1 heterocycles. The summed E-state index contributed by atoms with van der Waals surface area (Å²) in [5, 5.41) is 2.99. The molecule has 2 aromatic carbocycles. The van der Waals surface area contributed by atoms with Crippen molar-refractivity contribution in [1.29, 1.82) is 0 Å². The van der Waals surface area contributed by atoms with Gasteiger partial charge in [-0.15, -0.1) is 0 Å². The van der Waals surface area contributed by atoms with E-state index in [-0.39, 0.29) is 0 Å². The number of hydrogen-bond donors (Lipinski definition) is 1. The maximum Gasteiger partial charge on any atom is 0.146 e. The molecule has 90 valence electrons. The van der Waals surface area contributed by atoms with Gasteiger partial charge in [-0.25, -0.2) is 8.78 Å². The molecule has 0 saturated carbocycles. The molecule has 0 spiro atoms. The monoisotopic (exact) mass is 245 g/mol. The topological polar surface area (TPSA) is 29.1 Å². The number of halogens is 2. The molecule has 1 aliphatic heterocycles. The Morgan fingerprint density at radius 3 is 2.39 bits per heavy atom. The fourth-order valence-corrected chi connectivity index (χ4v) is 2.25. The fourth-order valence-electron chi connectivity index (χ4n) is 2.25. The summed E-state index contributed by atoms with van der Waals surface area (Å²) in [5.74, 6) is -0.800. The summed E-state index contributed by atoms with van der Waals surface area (Å²) in [7, 11) is 0. The van der Waals surface area contributed by atoms with Crippen molar-refractivity contribution in [2.75, 3.05) is 5.32 Å². The molecule has 1 N–H and O–H groups in total. The molecule has 0 radical (unpaired) electrons. The maximum absolute atomic E-state index is 13.3. The average molecular weight is 245 g/mol. The van der Waals surface area contributed by atoms with Crippen LogP contribution >= 0.6 is 0 Å². The molecule has 2 nitrogen and oxygen atoms in total. The van der Waals surface area contributed by atoms with E-state index in [1.165, 1.54) is 24.3 Å². The standard InChI is InChI=1S/C14H9F2NO/c15-8-1-3-10-11(5-8)12-6-9(16)2-4-13(12)17-14(10)7-18/h1-7,14,17H. The van der Waals surface area contributed by atoms with Gasteiger partial charge < -0.3 is 10.1 Å². The highest BCUT2D eigenvalue weighted by Crippen LogP contribution is 2.40.